The molecular formula is C17H21ClNO3P. The van der Waals surface area contributed by atoms with E-state index in [-0.39, 0.29) is 0 Å². The van der Waals surface area contributed by atoms with Gasteiger partial charge in [0.2, 0.25) is 0 Å². The lowest BCUT2D eigenvalue weighted by molar-refractivity contribution is 0.214. The number of rotatable bonds is 8. The maximum absolute atomic E-state index is 13.3. The van der Waals surface area contributed by atoms with Crippen molar-refractivity contribution >= 4 is 24.9 Å². The Hall–Kier alpha value is -1.32. The fourth-order valence-corrected chi connectivity index (χ4v) is 4.29. The van der Waals surface area contributed by atoms with Gasteiger partial charge in [0, 0.05) is 10.7 Å². The summed E-state index contributed by atoms with van der Waals surface area (Å²) < 4.78 is 24.3. The van der Waals surface area contributed by atoms with Gasteiger partial charge in [-0.2, -0.15) is 0 Å². The molecule has 0 amide bonds. The van der Waals surface area contributed by atoms with E-state index in [1.807, 2.05) is 42.5 Å². The highest BCUT2D eigenvalue weighted by Crippen LogP contribution is 2.60. The van der Waals surface area contributed by atoms with Gasteiger partial charge in [0.05, 0.1) is 13.2 Å². The van der Waals surface area contributed by atoms with Crippen molar-refractivity contribution in [2.45, 2.75) is 19.6 Å². The molecule has 2 aromatic rings. The minimum Gasteiger partial charge on any atom is -0.368 e. The maximum Gasteiger partial charge on any atom is 0.357 e. The predicted molar refractivity (Wildman–Crippen MR) is 95.1 cm³/mol. The quantitative estimate of drug-likeness (QED) is 0.617. The van der Waals surface area contributed by atoms with Gasteiger partial charge in [-0.15, -0.1) is 0 Å². The summed E-state index contributed by atoms with van der Waals surface area (Å²) in [6.07, 6.45) is 0. The molecular weight excluding hydrogens is 333 g/mol. The Morgan fingerprint density at radius 2 is 1.57 bits per heavy atom. The Kier molecular flexibility index (Phi) is 6.67. The molecule has 0 aromatic heterocycles. The fourth-order valence-electron chi connectivity index (χ4n) is 2.23. The summed E-state index contributed by atoms with van der Waals surface area (Å²) >= 11 is 5.92. The Bertz CT molecular complexity index is 639. The number of nitrogens with one attached hydrogen (secondary N) is 1. The van der Waals surface area contributed by atoms with Crippen molar-refractivity contribution in [2.75, 3.05) is 18.5 Å². The standard InChI is InChI=1S/C17H21ClNO3P/c1-3-21-23(20,22-4-2)17(14-8-6-5-7-9-14)19-16-12-10-15(18)11-13-16/h5-13,17,19H,3-4H2,1-2H3. The van der Waals surface area contributed by atoms with Crippen LogP contribution in [0, 0.1) is 0 Å². The second-order valence-electron chi connectivity index (χ2n) is 4.84. The van der Waals surface area contributed by atoms with Gasteiger partial charge in [0.15, 0.2) is 5.78 Å². The van der Waals surface area contributed by atoms with Crippen molar-refractivity contribution in [2.24, 2.45) is 0 Å². The van der Waals surface area contributed by atoms with Crippen molar-refractivity contribution in [1.82, 2.24) is 0 Å². The van der Waals surface area contributed by atoms with E-state index in [2.05, 4.69) is 5.32 Å². The number of hydrogen-bond acceptors (Lipinski definition) is 4. The third kappa shape index (κ3) is 4.82. The van der Waals surface area contributed by atoms with Gasteiger partial charge in [0.1, 0.15) is 0 Å². The molecule has 0 saturated heterocycles. The Morgan fingerprint density at radius 1 is 1.00 bits per heavy atom. The first-order valence-electron chi connectivity index (χ1n) is 7.55. The van der Waals surface area contributed by atoms with Gasteiger partial charge in [-0.1, -0.05) is 41.9 Å². The molecule has 2 aromatic carbocycles. The summed E-state index contributed by atoms with van der Waals surface area (Å²) in [5.74, 6) is -0.593. The third-order valence-corrected chi connectivity index (χ3v) is 5.75. The molecule has 0 spiro atoms. The van der Waals surface area contributed by atoms with Crippen LogP contribution in [0.2, 0.25) is 5.02 Å². The van der Waals surface area contributed by atoms with E-state index in [4.69, 9.17) is 20.6 Å². The minimum atomic E-state index is -3.37. The SMILES string of the molecule is CCOP(=O)(OCC)C(Nc1ccc(Cl)cc1)c1ccccc1. The van der Waals surface area contributed by atoms with Crippen LogP contribution >= 0.6 is 19.2 Å². The second-order valence-corrected chi connectivity index (χ2v) is 7.39. The number of benzene rings is 2. The van der Waals surface area contributed by atoms with Crippen molar-refractivity contribution in [3.63, 3.8) is 0 Å². The highest BCUT2D eigenvalue weighted by Gasteiger charge is 2.36. The summed E-state index contributed by atoms with van der Waals surface area (Å²) in [7, 11) is -3.37. The molecule has 2 rings (SSSR count). The summed E-state index contributed by atoms with van der Waals surface area (Å²) in [4.78, 5) is 0. The maximum atomic E-state index is 13.3. The van der Waals surface area contributed by atoms with Crippen molar-refractivity contribution < 1.29 is 13.6 Å². The van der Waals surface area contributed by atoms with E-state index < -0.39 is 13.4 Å². The molecule has 0 radical (unpaired) electrons. The third-order valence-electron chi connectivity index (χ3n) is 3.20. The zero-order valence-electron chi connectivity index (χ0n) is 13.2. The monoisotopic (exact) mass is 353 g/mol. The van der Waals surface area contributed by atoms with Crippen LogP contribution in [0.3, 0.4) is 0 Å². The summed E-state index contributed by atoms with van der Waals surface area (Å²) in [6, 6.07) is 16.7. The number of hydrogen-bond donors (Lipinski definition) is 1. The van der Waals surface area contributed by atoms with Gasteiger partial charge in [-0.05, 0) is 43.7 Å². The normalized spacial score (nSPS) is 12.8. The van der Waals surface area contributed by atoms with Crippen LogP contribution in [0.25, 0.3) is 0 Å². The zero-order chi connectivity index (χ0) is 16.7. The summed E-state index contributed by atoms with van der Waals surface area (Å²) in [5.41, 5.74) is 1.63. The molecule has 0 saturated carbocycles. The van der Waals surface area contributed by atoms with Gasteiger partial charge >= 0.3 is 7.60 Å². The molecule has 1 unspecified atom stereocenters. The Balaban J connectivity index is 2.38. The van der Waals surface area contributed by atoms with Crippen molar-refractivity contribution in [3.05, 3.63) is 65.2 Å². The van der Waals surface area contributed by atoms with E-state index in [0.717, 1.165) is 11.3 Å². The van der Waals surface area contributed by atoms with Crippen LogP contribution in [-0.2, 0) is 13.6 Å². The molecule has 0 aliphatic heterocycles. The second kappa shape index (κ2) is 8.51. The van der Waals surface area contributed by atoms with E-state index in [9.17, 15) is 4.57 Å². The highest BCUT2D eigenvalue weighted by molar-refractivity contribution is 7.54. The minimum absolute atomic E-state index is 0.308. The lowest BCUT2D eigenvalue weighted by Crippen LogP contribution is -2.15. The molecule has 0 heterocycles. The van der Waals surface area contributed by atoms with Crippen LogP contribution in [-0.4, -0.2) is 13.2 Å². The van der Waals surface area contributed by atoms with Gasteiger partial charge in [-0.3, -0.25) is 4.57 Å². The van der Waals surface area contributed by atoms with E-state index in [0.29, 0.717) is 18.2 Å². The van der Waals surface area contributed by atoms with Crippen molar-refractivity contribution in [3.8, 4) is 0 Å². The Morgan fingerprint density at radius 3 is 2.09 bits per heavy atom. The van der Waals surface area contributed by atoms with Crippen LogP contribution in [0.4, 0.5) is 5.69 Å². The topological polar surface area (TPSA) is 47.6 Å². The van der Waals surface area contributed by atoms with E-state index >= 15 is 0 Å². The van der Waals surface area contributed by atoms with E-state index in [1.165, 1.54) is 0 Å². The molecule has 0 bridgehead atoms. The average molecular weight is 354 g/mol. The predicted octanol–water partition coefficient (Wildman–Crippen LogP) is 5.72. The van der Waals surface area contributed by atoms with Crippen LogP contribution in [0.5, 0.6) is 0 Å². The molecule has 1 N–H and O–H groups in total. The van der Waals surface area contributed by atoms with E-state index in [1.54, 1.807) is 26.0 Å². The first-order valence-corrected chi connectivity index (χ1v) is 9.54. The van der Waals surface area contributed by atoms with Crippen molar-refractivity contribution in [1.29, 1.82) is 0 Å². The molecule has 0 fully saturated rings. The highest BCUT2D eigenvalue weighted by atomic mass is 35.5. The van der Waals surface area contributed by atoms with Crippen LogP contribution in [0.15, 0.2) is 54.6 Å². The fraction of sp³-hybridized carbons (Fsp3) is 0.294. The number of anilines is 1. The summed E-state index contributed by atoms with van der Waals surface area (Å²) in [5, 5.41) is 3.90. The molecule has 0 aliphatic carbocycles. The smallest absolute Gasteiger partial charge is 0.357 e. The molecule has 0 aliphatic rings. The lowest BCUT2D eigenvalue weighted by atomic mass is 10.2. The first kappa shape index (κ1) is 18.0. The van der Waals surface area contributed by atoms with Gasteiger partial charge < -0.3 is 14.4 Å². The summed E-state index contributed by atoms with van der Waals surface area (Å²) in [6.45, 7) is 4.22. The molecule has 4 nitrogen and oxygen atoms in total. The van der Waals surface area contributed by atoms with Gasteiger partial charge in [-0.25, -0.2) is 0 Å². The zero-order valence-corrected chi connectivity index (χ0v) is 14.9. The number of halogens is 1. The average Bonchev–Trinajstić information content (AvgIpc) is 2.55. The van der Waals surface area contributed by atoms with Crippen LogP contribution in [0.1, 0.15) is 25.2 Å². The molecule has 23 heavy (non-hydrogen) atoms. The largest absolute Gasteiger partial charge is 0.368 e. The molecule has 124 valence electrons. The lowest BCUT2D eigenvalue weighted by Gasteiger charge is -2.28. The molecule has 1 atom stereocenters. The van der Waals surface area contributed by atoms with Gasteiger partial charge in [0.25, 0.3) is 0 Å². The van der Waals surface area contributed by atoms with Crippen LogP contribution < -0.4 is 5.32 Å². The molecule has 6 heteroatoms. The Labute approximate surface area is 142 Å². The first-order chi connectivity index (χ1) is 11.1.